The van der Waals surface area contributed by atoms with E-state index in [4.69, 9.17) is 0 Å². The first-order valence-corrected chi connectivity index (χ1v) is 6.65. The van der Waals surface area contributed by atoms with Crippen LogP contribution in [-0.4, -0.2) is 74.6 Å². The summed E-state index contributed by atoms with van der Waals surface area (Å²) in [7, 11) is 2.02. The number of hydrogen-bond acceptors (Lipinski definition) is 4. The summed E-state index contributed by atoms with van der Waals surface area (Å²) in [6.45, 7) is 7.00. The summed E-state index contributed by atoms with van der Waals surface area (Å²) in [6.07, 6.45) is 2.33. The fourth-order valence-corrected chi connectivity index (χ4v) is 2.07. The van der Waals surface area contributed by atoms with Crippen LogP contribution in [0.2, 0.25) is 0 Å². The number of amides is 1. The highest BCUT2D eigenvalue weighted by Gasteiger charge is 2.23. The van der Waals surface area contributed by atoms with Crippen LogP contribution in [-0.2, 0) is 4.79 Å². The van der Waals surface area contributed by atoms with E-state index in [1.165, 1.54) is 0 Å². The maximum Gasteiger partial charge on any atom is 0.234 e. The minimum atomic E-state index is 0.176. The second-order valence-corrected chi connectivity index (χ2v) is 5.17. The smallest absolute Gasteiger partial charge is 0.234 e. The Morgan fingerprint density at radius 3 is 2.76 bits per heavy atom. The average Bonchev–Trinajstić information content (AvgIpc) is 3.11. The predicted molar refractivity (Wildman–Crippen MR) is 68.0 cm³/mol. The largest absolute Gasteiger partial charge is 0.352 e. The molecule has 2 rings (SSSR count). The van der Waals surface area contributed by atoms with Gasteiger partial charge in [-0.3, -0.25) is 14.6 Å². The number of rotatable bonds is 6. The molecule has 0 radical (unpaired) electrons. The molecule has 1 saturated carbocycles. The van der Waals surface area contributed by atoms with E-state index >= 15 is 0 Å². The van der Waals surface area contributed by atoms with Crippen molar-refractivity contribution in [3.05, 3.63) is 0 Å². The minimum absolute atomic E-state index is 0.176. The van der Waals surface area contributed by atoms with E-state index in [-0.39, 0.29) is 5.91 Å². The molecular weight excluding hydrogens is 216 g/mol. The zero-order chi connectivity index (χ0) is 12.1. The molecule has 0 aromatic rings. The molecule has 1 aliphatic carbocycles. The van der Waals surface area contributed by atoms with Crippen molar-refractivity contribution in [2.75, 3.05) is 52.9 Å². The summed E-state index contributed by atoms with van der Waals surface area (Å²) >= 11 is 0. The van der Waals surface area contributed by atoms with Crippen LogP contribution >= 0.6 is 0 Å². The summed E-state index contributed by atoms with van der Waals surface area (Å²) in [5.74, 6) is 0.176. The molecule has 1 aliphatic heterocycles. The van der Waals surface area contributed by atoms with Gasteiger partial charge in [0, 0.05) is 45.3 Å². The highest BCUT2D eigenvalue weighted by molar-refractivity contribution is 5.78. The second kappa shape index (κ2) is 6.33. The fourth-order valence-electron chi connectivity index (χ4n) is 2.07. The number of nitrogens with zero attached hydrogens (tertiary/aromatic N) is 2. The lowest BCUT2D eigenvalue weighted by Gasteiger charge is -2.28. The molecule has 5 nitrogen and oxygen atoms in total. The Bertz CT molecular complexity index is 249. The molecule has 1 saturated heterocycles. The van der Waals surface area contributed by atoms with Gasteiger partial charge in [0.25, 0.3) is 0 Å². The Labute approximate surface area is 104 Å². The van der Waals surface area contributed by atoms with Crippen LogP contribution in [0.15, 0.2) is 0 Å². The van der Waals surface area contributed by atoms with Gasteiger partial charge in [0.05, 0.1) is 6.54 Å². The Morgan fingerprint density at radius 2 is 2.12 bits per heavy atom. The standard InChI is InChI=1S/C12H24N4O/c1-15(10-12(17)14-11-2-3-11)8-9-16-6-4-13-5-7-16/h11,13H,2-10H2,1H3,(H,14,17). The number of hydrogen-bond donors (Lipinski definition) is 2. The summed E-state index contributed by atoms with van der Waals surface area (Å²) < 4.78 is 0. The maximum atomic E-state index is 11.6. The normalized spacial score (nSPS) is 21.8. The third-order valence-electron chi connectivity index (χ3n) is 3.36. The topological polar surface area (TPSA) is 47.6 Å². The number of carbonyl (C=O) groups excluding carboxylic acids is 1. The van der Waals surface area contributed by atoms with E-state index < -0.39 is 0 Å². The summed E-state index contributed by atoms with van der Waals surface area (Å²) in [5.41, 5.74) is 0. The molecule has 1 amide bonds. The molecule has 5 heteroatoms. The quantitative estimate of drug-likeness (QED) is 0.632. The van der Waals surface area contributed by atoms with Crippen LogP contribution in [0.1, 0.15) is 12.8 Å². The first-order valence-electron chi connectivity index (χ1n) is 6.65. The van der Waals surface area contributed by atoms with E-state index in [0.29, 0.717) is 12.6 Å². The number of nitrogens with one attached hydrogen (secondary N) is 2. The number of likely N-dealkylation sites (N-methyl/N-ethyl adjacent to an activating group) is 1. The molecule has 1 heterocycles. The Kier molecular flexibility index (Phi) is 4.76. The number of carbonyl (C=O) groups is 1. The molecule has 0 unspecified atom stereocenters. The highest BCUT2D eigenvalue weighted by atomic mass is 16.2. The molecule has 0 bridgehead atoms. The monoisotopic (exact) mass is 240 g/mol. The Hall–Kier alpha value is -0.650. The Balaban J connectivity index is 1.55. The van der Waals surface area contributed by atoms with Gasteiger partial charge in [-0.05, 0) is 19.9 Å². The van der Waals surface area contributed by atoms with Crippen LogP contribution < -0.4 is 10.6 Å². The predicted octanol–water partition coefficient (Wildman–Crippen LogP) is -0.898. The van der Waals surface area contributed by atoms with Crippen molar-refractivity contribution in [1.29, 1.82) is 0 Å². The molecule has 2 N–H and O–H groups in total. The van der Waals surface area contributed by atoms with E-state index in [1.807, 2.05) is 7.05 Å². The minimum Gasteiger partial charge on any atom is -0.352 e. The highest BCUT2D eigenvalue weighted by Crippen LogP contribution is 2.18. The van der Waals surface area contributed by atoms with Crippen LogP contribution in [0.5, 0.6) is 0 Å². The van der Waals surface area contributed by atoms with Crippen molar-refractivity contribution in [2.24, 2.45) is 0 Å². The van der Waals surface area contributed by atoms with E-state index in [1.54, 1.807) is 0 Å². The summed E-state index contributed by atoms with van der Waals surface area (Å²) in [6, 6.07) is 0.476. The molecular formula is C12H24N4O. The lowest BCUT2D eigenvalue weighted by Crippen LogP contribution is -2.46. The van der Waals surface area contributed by atoms with Crippen LogP contribution in [0.3, 0.4) is 0 Å². The zero-order valence-corrected chi connectivity index (χ0v) is 10.7. The van der Waals surface area contributed by atoms with Crippen molar-refractivity contribution in [1.82, 2.24) is 20.4 Å². The van der Waals surface area contributed by atoms with Gasteiger partial charge in [0.2, 0.25) is 5.91 Å². The SMILES string of the molecule is CN(CCN1CCNCC1)CC(=O)NC1CC1. The molecule has 0 spiro atoms. The van der Waals surface area contributed by atoms with Gasteiger partial charge in [-0.1, -0.05) is 0 Å². The van der Waals surface area contributed by atoms with Gasteiger partial charge in [0.15, 0.2) is 0 Å². The molecule has 0 aromatic carbocycles. The average molecular weight is 240 g/mol. The first-order chi connectivity index (χ1) is 8.24. The Morgan fingerprint density at radius 1 is 1.41 bits per heavy atom. The summed E-state index contributed by atoms with van der Waals surface area (Å²) in [4.78, 5) is 16.1. The second-order valence-electron chi connectivity index (χ2n) is 5.17. The van der Waals surface area contributed by atoms with Crippen molar-refractivity contribution >= 4 is 5.91 Å². The van der Waals surface area contributed by atoms with E-state index in [2.05, 4.69) is 20.4 Å². The number of piperazine rings is 1. The van der Waals surface area contributed by atoms with Crippen LogP contribution in [0.4, 0.5) is 0 Å². The van der Waals surface area contributed by atoms with Gasteiger partial charge in [-0.2, -0.15) is 0 Å². The van der Waals surface area contributed by atoms with E-state index in [9.17, 15) is 4.79 Å². The molecule has 0 aromatic heterocycles. The lowest BCUT2D eigenvalue weighted by atomic mass is 10.3. The van der Waals surface area contributed by atoms with Gasteiger partial charge >= 0.3 is 0 Å². The van der Waals surface area contributed by atoms with Crippen molar-refractivity contribution in [3.63, 3.8) is 0 Å². The third-order valence-corrected chi connectivity index (χ3v) is 3.36. The van der Waals surface area contributed by atoms with E-state index in [0.717, 1.165) is 52.1 Å². The molecule has 98 valence electrons. The molecule has 0 atom stereocenters. The van der Waals surface area contributed by atoms with Gasteiger partial charge in [-0.25, -0.2) is 0 Å². The molecule has 17 heavy (non-hydrogen) atoms. The van der Waals surface area contributed by atoms with Crippen molar-refractivity contribution < 1.29 is 4.79 Å². The lowest BCUT2D eigenvalue weighted by molar-refractivity contribution is -0.122. The molecule has 2 fully saturated rings. The maximum absolute atomic E-state index is 11.6. The van der Waals surface area contributed by atoms with Gasteiger partial charge in [0.1, 0.15) is 0 Å². The molecule has 2 aliphatic rings. The van der Waals surface area contributed by atoms with Crippen molar-refractivity contribution in [2.45, 2.75) is 18.9 Å². The van der Waals surface area contributed by atoms with Crippen LogP contribution in [0, 0.1) is 0 Å². The first kappa shape index (κ1) is 12.8. The van der Waals surface area contributed by atoms with Gasteiger partial charge < -0.3 is 10.6 Å². The van der Waals surface area contributed by atoms with Crippen molar-refractivity contribution in [3.8, 4) is 0 Å². The van der Waals surface area contributed by atoms with Crippen LogP contribution in [0.25, 0.3) is 0 Å². The fraction of sp³-hybridized carbons (Fsp3) is 0.917. The third kappa shape index (κ3) is 5.02. The van der Waals surface area contributed by atoms with Gasteiger partial charge in [-0.15, -0.1) is 0 Å². The zero-order valence-electron chi connectivity index (χ0n) is 10.7. The summed E-state index contributed by atoms with van der Waals surface area (Å²) in [5, 5.41) is 6.36.